The van der Waals surface area contributed by atoms with E-state index in [9.17, 15) is 32.3 Å². The van der Waals surface area contributed by atoms with Crippen molar-refractivity contribution in [3.8, 4) is 0 Å². The summed E-state index contributed by atoms with van der Waals surface area (Å²) in [6.45, 7) is 2.47. The third-order valence-corrected chi connectivity index (χ3v) is 7.70. The number of halogens is 3. The molecule has 1 aromatic rings. The lowest BCUT2D eigenvalue weighted by Gasteiger charge is -2.29. The van der Waals surface area contributed by atoms with Gasteiger partial charge in [-0.3, -0.25) is 24.1 Å². The van der Waals surface area contributed by atoms with Crippen molar-refractivity contribution in [2.75, 3.05) is 26.2 Å². The molecule has 11 heteroatoms. The van der Waals surface area contributed by atoms with Crippen LogP contribution in [0.15, 0.2) is 34.7 Å². The van der Waals surface area contributed by atoms with E-state index in [4.69, 9.17) is 0 Å². The van der Waals surface area contributed by atoms with Crippen molar-refractivity contribution in [2.45, 2.75) is 38.8 Å². The maximum absolute atomic E-state index is 13.3. The van der Waals surface area contributed by atoms with Crippen LogP contribution in [0.25, 0.3) is 0 Å². The van der Waals surface area contributed by atoms with Gasteiger partial charge in [-0.2, -0.15) is 13.2 Å². The Labute approximate surface area is 205 Å². The van der Waals surface area contributed by atoms with Gasteiger partial charge >= 0.3 is 6.18 Å². The number of carbonyl (C=O) groups excluding carboxylic acids is 4. The average Bonchev–Trinajstić information content (AvgIpc) is 3.65. The zero-order valence-corrected chi connectivity index (χ0v) is 20.0. The molecular formula is C24H26F3N3O4S. The zero-order chi connectivity index (χ0) is 25.3. The Morgan fingerprint density at radius 1 is 1.14 bits per heavy atom. The van der Waals surface area contributed by atoms with E-state index < -0.39 is 40.3 Å². The smallest absolute Gasteiger partial charge is 0.354 e. The van der Waals surface area contributed by atoms with Crippen molar-refractivity contribution in [1.29, 1.82) is 0 Å². The zero-order valence-electron chi connectivity index (χ0n) is 19.2. The van der Waals surface area contributed by atoms with Crippen molar-refractivity contribution in [1.82, 2.24) is 15.1 Å². The molecule has 0 bridgehead atoms. The van der Waals surface area contributed by atoms with Crippen LogP contribution in [-0.4, -0.2) is 58.9 Å². The molecule has 188 valence electrons. The van der Waals surface area contributed by atoms with Gasteiger partial charge in [-0.25, -0.2) is 0 Å². The number of imide groups is 1. The highest BCUT2D eigenvalue weighted by atomic mass is 32.2. The standard InChI is InChI=1S/C24H26F3N3O4S/c1-14(15-6-7-15)12-28-19(31)13-30-22(33)20(35-23(30)34)16-8-10-29(11-9-16)21(32)17-4-2-3-5-18(17)24(25,26)27/h2-5,14-15H,6-13H2,1H3,(H,28,31). The predicted octanol–water partition coefficient (Wildman–Crippen LogP) is 4.05. The fourth-order valence-electron chi connectivity index (χ4n) is 4.35. The first-order chi connectivity index (χ1) is 16.6. The lowest BCUT2D eigenvalue weighted by molar-refractivity contribution is -0.138. The van der Waals surface area contributed by atoms with E-state index in [2.05, 4.69) is 12.2 Å². The lowest BCUT2D eigenvalue weighted by Crippen LogP contribution is -2.41. The van der Waals surface area contributed by atoms with Crippen molar-refractivity contribution < 1.29 is 32.3 Å². The maximum atomic E-state index is 13.3. The number of thioether (sulfide) groups is 1. The van der Waals surface area contributed by atoms with E-state index in [0.717, 1.165) is 41.6 Å². The Kier molecular flexibility index (Phi) is 7.25. The van der Waals surface area contributed by atoms with Crippen LogP contribution in [0.1, 0.15) is 48.5 Å². The number of hydrogen-bond acceptors (Lipinski definition) is 5. The highest BCUT2D eigenvalue weighted by Crippen LogP contribution is 2.38. The van der Waals surface area contributed by atoms with Crippen LogP contribution in [0.2, 0.25) is 0 Å². The summed E-state index contributed by atoms with van der Waals surface area (Å²) in [5, 5.41) is 2.25. The Balaban J connectivity index is 1.36. The van der Waals surface area contributed by atoms with E-state index in [1.165, 1.54) is 17.0 Å². The second-order valence-electron chi connectivity index (χ2n) is 9.15. The molecular weight excluding hydrogens is 483 g/mol. The first-order valence-electron chi connectivity index (χ1n) is 11.5. The van der Waals surface area contributed by atoms with E-state index in [1.807, 2.05) is 0 Å². The molecule has 1 saturated carbocycles. The van der Waals surface area contributed by atoms with E-state index in [1.54, 1.807) is 0 Å². The summed E-state index contributed by atoms with van der Waals surface area (Å²) < 4.78 is 39.9. The fourth-order valence-corrected chi connectivity index (χ4v) is 5.33. The molecule has 4 rings (SSSR count). The van der Waals surface area contributed by atoms with Gasteiger partial charge in [0.1, 0.15) is 6.54 Å². The highest BCUT2D eigenvalue weighted by Gasteiger charge is 2.40. The molecule has 0 aromatic heterocycles. The minimum Gasteiger partial charge on any atom is -0.354 e. The van der Waals surface area contributed by atoms with Crippen LogP contribution >= 0.6 is 11.8 Å². The van der Waals surface area contributed by atoms with Gasteiger partial charge in [-0.15, -0.1) is 0 Å². The lowest BCUT2D eigenvalue weighted by atomic mass is 10.0. The molecule has 2 aliphatic heterocycles. The van der Waals surface area contributed by atoms with Gasteiger partial charge in [0.2, 0.25) is 5.91 Å². The highest BCUT2D eigenvalue weighted by molar-refractivity contribution is 8.18. The third kappa shape index (κ3) is 5.71. The van der Waals surface area contributed by atoms with Crippen LogP contribution in [0.3, 0.4) is 0 Å². The summed E-state index contributed by atoms with van der Waals surface area (Å²) in [6.07, 6.45) is -1.80. The summed E-state index contributed by atoms with van der Waals surface area (Å²) in [6, 6.07) is 4.65. The Morgan fingerprint density at radius 3 is 2.43 bits per heavy atom. The van der Waals surface area contributed by atoms with Crippen LogP contribution in [0, 0.1) is 11.8 Å². The molecule has 2 heterocycles. The molecule has 1 aromatic carbocycles. The Hall–Kier alpha value is -2.82. The number of nitrogens with one attached hydrogen (secondary N) is 1. The van der Waals surface area contributed by atoms with Crippen LogP contribution < -0.4 is 5.32 Å². The van der Waals surface area contributed by atoms with Gasteiger partial charge in [0.15, 0.2) is 0 Å². The quantitative estimate of drug-likeness (QED) is 0.585. The van der Waals surface area contributed by atoms with Gasteiger partial charge in [0, 0.05) is 19.6 Å². The van der Waals surface area contributed by atoms with Crippen LogP contribution in [-0.2, 0) is 15.8 Å². The molecule has 1 unspecified atom stereocenters. The van der Waals surface area contributed by atoms with Crippen molar-refractivity contribution in [3.63, 3.8) is 0 Å². The van der Waals surface area contributed by atoms with Crippen LogP contribution in [0.5, 0.6) is 0 Å². The molecule has 0 spiro atoms. The molecule has 1 atom stereocenters. The van der Waals surface area contributed by atoms with Gasteiger partial charge in [-0.1, -0.05) is 19.1 Å². The monoisotopic (exact) mass is 509 g/mol. The second-order valence-corrected chi connectivity index (χ2v) is 10.1. The molecule has 1 aliphatic carbocycles. The third-order valence-electron chi connectivity index (χ3n) is 6.64. The summed E-state index contributed by atoms with van der Waals surface area (Å²) in [4.78, 5) is 52.8. The summed E-state index contributed by atoms with van der Waals surface area (Å²) in [7, 11) is 0. The number of carbonyl (C=O) groups is 4. The van der Waals surface area contributed by atoms with Crippen molar-refractivity contribution in [3.05, 3.63) is 45.9 Å². The number of rotatable bonds is 6. The first-order valence-corrected chi connectivity index (χ1v) is 12.4. The minimum atomic E-state index is -4.64. The normalized spacial score (nSPS) is 19.9. The largest absolute Gasteiger partial charge is 0.417 e. The molecule has 3 aliphatic rings. The predicted molar refractivity (Wildman–Crippen MR) is 123 cm³/mol. The van der Waals surface area contributed by atoms with Gasteiger partial charge in [0.05, 0.1) is 16.0 Å². The number of likely N-dealkylation sites (tertiary alicyclic amines) is 1. The first kappa shape index (κ1) is 25.3. The maximum Gasteiger partial charge on any atom is 0.417 e. The van der Waals surface area contributed by atoms with E-state index in [0.29, 0.717) is 24.0 Å². The Morgan fingerprint density at radius 2 is 1.80 bits per heavy atom. The van der Waals surface area contributed by atoms with Crippen molar-refractivity contribution in [2.24, 2.45) is 11.8 Å². The van der Waals surface area contributed by atoms with Gasteiger partial charge in [0.25, 0.3) is 17.1 Å². The number of hydrogen-bond donors (Lipinski definition) is 1. The van der Waals surface area contributed by atoms with Gasteiger partial charge in [-0.05, 0) is 67.0 Å². The topological polar surface area (TPSA) is 86.8 Å². The SMILES string of the molecule is CC(CNC(=O)CN1C(=O)SC(=C2CCN(C(=O)c3ccccc3C(F)(F)F)CC2)C1=O)C1CC1. The molecule has 35 heavy (non-hydrogen) atoms. The summed E-state index contributed by atoms with van der Waals surface area (Å²) in [5.41, 5.74) is -0.723. The number of nitrogens with zero attached hydrogens (tertiary/aromatic N) is 2. The Bertz CT molecular complexity index is 1070. The summed E-state index contributed by atoms with van der Waals surface area (Å²) >= 11 is 0.766. The number of alkyl halides is 3. The molecule has 1 N–H and O–H groups in total. The van der Waals surface area contributed by atoms with Gasteiger partial charge < -0.3 is 10.2 Å². The fraction of sp³-hybridized carbons (Fsp3) is 0.500. The summed E-state index contributed by atoms with van der Waals surface area (Å²) in [5.74, 6) is -0.677. The second kappa shape index (κ2) is 10.0. The number of amides is 4. The average molecular weight is 510 g/mol. The number of piperidine rings is 1. The number of benzene rings is 1. The molecule has 3 fully saturated rings. The minimum absolute atomic E-state index is 0.130. The molecule has 0 radical (unpaired) electrons. The van der Waals surface area contributed by atoms with Crippen molar-refractivity contribution >= 4 is 34.7 Å². The van der Waals surface area contributed by atoms with E-state index in [-0.39, 0.29) is 37.4 Å². The van der Waals surface area contributed by atoms with Crippen LogP contribution in [0.4, 0.5) is 18.0 Å². The molecule has 7 nitrogen and oxygen atoms in total. The molecule has 4 amide bonds. The molecule has 2 saturated heterocycles. The van der Waals surface area contributed by atoms with E-state index >= 15 is 0 Å².